The molecule has 1 saturated carbocycles. The van der Waals surface area contributed by atoms with E-state index in [9.17, 15) is 18.0 Å². The molecule has 1 aliphatic carbocycles. The second-order valence-electron chi connectivity index (χ2n) is 7.23. The zero-order valence-corrected chi connectivity index (χ0v) is 15.8. The molecule has 26 heavy (non-hydrogen) atoms. The van der Waals surface area contributed by atoms with E-state index in [1.165, 1.54) is 6.07 Å². The number of primary amides is 1. The average molecular weight is 386 g/mol. The van der Waals surface area contributed by atoms with Gasteiger partial charge in [-0.05, 0) is 60.8 Å². The fourth-order valence-corrected chi connectivity index (χ4v) is 3.26. The van der Waals surface area contributed by atoms with E-state index in [4.69, 9.17) is 17.3 Å². The van der Waals surface area contributed by atoms with Crippen LogP contribution in [0.15, 0.2) is 41.5 Å². The van der Waals surface area contributed by atoms with E-state index in [0.717, 1.165) is 18.1 Å². The summed E-state index contributed by atoms with van der Waals surface area (Å²) in [7, 11) is 0. The van der Waals surface area contributed by atoms with Gasteiger partial charge in [0.05, 0.1) is 10.6 Å². The zero-order valence-electron chi connectivity index (χ0n) is 15.0. The Bertz CT molecular complexity index is 750. The van der Waals surface area contributed by atoms with E-state index in [2.05, 4.69) is 0 Å². The molecular formula is C20H23ClF3NO. The summed E-state index contributed by atoms with van der Waals surface area (Å²) in [5, 5.41) is -0.285. The van der Waals surface area contributed by atoms with Crippen LogP contribution in [-0.2, 0) is 11.0 Å². The van der Waals surface area contributed by atoms with Crippen molar-refractivity contribution < 1.29 is 18.0 Å². The van der Waals surface area contributed by atoms with Gasteiger partial charge in [-0.3, -0.25) is 4.79 Å². The highest BCUT2D eigenvalue weighted by Gasteiger charge is 2.39. The molecule has 2 atom stereocenters. The van der Waals surface area contributed by atoms with Crippen LogP contribution in [0.1, 0.15) is 50.7 Å². The van der Waals surface area contributed by atoms with Crippen molar-refractivity contribution >= 4 is 17.5 Å². The van der Waals surface area contributed by atoms with Gasteiger partial charge in [0.2, 0.25) is 5.91 Å². The Morgan fingerprint density at radius 2 is 2.04 bits per heavy atom. The third kappa shape index (κ3) is 5.13. The molecule has 0 unspecified atom stereocenters. The van der Waals surface area contributed by atoms with Crippen molar-refractivity contribution in [2.45, 2.75) is 45.7 Å². The maximum Gasteiger partial charge on any atom is 0.417 e. The topological polar surface area (TPSA) is 43.1 Å². The molecule has 1 aliphatic rings. The van der Waals surface area contributed by atoms with Gasteiger partial charge >= 0.3 is 6.18 Å². The number of carbonyl (C=O) groups is 1. The number of benzene rings is 1. The minimum Gasteiger partial charge on any atom is -0.366 e. The standard InChI is InChI=1S/C20H23ClF3NO/c1-11(2)8-15(19(25)26)12(3)4-5-13-9-16(13)14-6-7-18(21)17(10-14)20(22,23)24/h4-7,10-11,13,16H,8-9H2,1-3H3,(H2,25,26)/t13-,16-/m1/s1. The monoisotopic (exact) mass is 385 g/mol. The Hall–Kier alpha value is -1.75. The summed E-state index contributed by atoms with van der Waals surface area (Å²) in [6.07, 6.45) is 0.725. The molecule has 1 fully saturated rings. The average Bonchev–Trinajstić information content (AvgIpc) is 3.28. The number of hydrogen-bond acceptors (Lipinski definition) is 1. The number of halogens is 4. The molecular weight excluding hydrogens is 363 g/mol. The van der Waals surface area contributed by atoms with E-state index >= 15 is 0 Å². The number of nitrogens with two attached hydrogens (primary N) is 1. The molecule has 142 valence electrons. The van der Waals surface area contributed by atoms with Crippen LogP contribution in [0.25, 0.3) is 0 Å². The molecule has 0 heterocycles. The summed E-state index contributed by atoms with van der Waals surface area (Å²) < 4.78 is 39.0. The van der Waals surface area contributed by atoms with Crippen LogP contribution in [0.4, 0.5) is 13.2 Å². The summed E-state index contributed by atoms with van der Waals surface area (Å²) >= 11 is 5.67. The predicted octanol–water partition coefficient (Wildman–Crippen LogP) is 5.87. The second-order valence-corrected chi connectivity index (χ2v) is 7.63. The SMILES string of the molecule is CC(C=C[C@@H]1C[C@H]1c1ccc(Cl)c(C(F)(F)F)c1)=C(CC(C)C)C(N)=O. The van der Waals surface area contributed by atoms with Gasteiger partial charge in [-0.25, -0.2) is 0 Å². The van der Waals surface area contributed by atoms with Gasteiger partial charge in [0.25, 0.3) is 0 Å². The van der Waals surface area contributed by atoms with Crippen molar-refractivity contribution in [3.63, 3.8) is 0 Å². The molecule has 2 rings (SSSR count). The molecule has 2 N–H and O–H groups in total. The molecule has 0 bridgehead atoms. The normalized spacial score (nSPS) is 21.2. The molecule has 6 heteroatoms. The smallest absolute Gasteiger partial charge is 0.366 e. The third-order valence-electron chi connectivity index (χ3n) is 4.54. The minimum absolute atomic E-state index is 0.0412. The lowest BCUT2D eigenvalue weighted by Gasteiger charge is -2.10. The quantitative estimate of drug-likeness (QED) is 0.483. The van der Waals surface area contributed by atoms with Gasteiger partial charge < -0.3 is 5.73 Å². The van der Waals surface area contributed by atoms with Crippen LogP contribution < -0.4 is 5.73 Å². The number of allylic oxidation sites excluding steroid dienone is 3. The molecule has 0 radical (unpaired) electrons. The first-order chi connectivity index (χ1) is 12.0. The molecule has 1 aromatic carbocycles. The Labute approximate surface area is 156 Å². The molecule has 0 aromatic heterocycles. The molecule has 2 nitrogen and oxygen atoms in total. The largest absolute Gasteiger partial charge is 0.417 e. The van der Waals surface area contributed by atoms with Crippen molar-refractivity contribution in [3.8, 4) is 0 Å². The van der Waals surface area contributed by atoms with Crippen LogP contribution in [0.2, 0.25) is 5.02 Å². The van der Waals surface area contributed by atoms with E-state index in [1.54, 1.807) is 6.07 Å². The summed E-state index contributed by atoms with van der Waals surface area (Å²) in [6, 6.07) is 4.08. The van der Waals surface area contributed by atoms with Crippen molar-refractivity contribution in [1.29, 1.82) is 0 Å². The molecule has 0 aliphatic heterocycles. The first kappa shape index (κ1) is 20.6. The lowest BCUT2D eigenvalue weighted by Crippen LogP contribution is -2.16. The Kier molecular flexibility index (Phi) is 6.22. The summed E-state index contributed by atoms with van der Waals surface area (Å²) in [6.45, 7) is 5.85. The van der Waals surface area contributed by atoms with E-state index in [0.29, 0.717) is 23.5 Å². The summed E-state index contributed by atoms with van der Waals surface area (Å²) in [5.74, 6) is 0.0741. The highest BCUT2D eigenvalue weighted by atomic mass is 35.5. The van der Waals surface area contributed by atoms with Crippen LogP contribution in [0.5, 0.6) is 0 Å². The summed E-state index contributed by atoms with van der Waals surface area (Å²) in [4.78, 5) is 11.6. The highest BCUT2D eigenvalue weighted by Crippen LogP contribution is 2.50. The molecule has 0 spiro atoms. The van der Waals surface area contributed by atoms with Crippen molar-refractivity contribution in [2.24, 2.45) is 17.6 Å². The van der Waals surface area contributed by atoms with E-state index < -0.39 is 17.6 Å². The number of hydrogen-bond donors (Lipinski definition) is 1. The zero-order chi connectivity index (χ0) is 19.6. The van der Waals surface area contributed by atoms with E-state index in [1.807, 2.05) is 32.9 Å². The lowest BCUT2D eigenvalue weighted by atomic mass is 9.97. The maximum atomic E-state index is 13.0. The molecule has 1 aromatic rings. The Balaban J connectivity index is 2.14. The third-order valence-corrected chi connectivity index (χ3v) is 4.87. The van der Waals surface area contributed by atoms with Crippen molar-refractivity contribution in [3.05, 3.63) is 57.6 Å². The first-order valence-electron chi connectivity index (χ1n) is 8.55. The highest BCUT2D eigenvalue weighted by molar-refractivity contribution is 6.31. The molecule has 1 amide bonds. The van der Waals surface area contributed by atoms with Gasteiger partial charge in [0.1, 0.15) is 0 Å². The van der Waals surface area contributed by atoms with E-state index in [-0.39, 0.29) is 16.9 Å². The van der Waals surface area contributed by atoms with Gasteiger partial charge in [-0.2, -0.15) is 13.2 Å². The Morgan fingerprint density at radius 1 is 1.38 bits per heavy atom. The van der Waals surface area contributed by atoms with Gasteiger partial charge in [0, 0.05) is 5.57 Å². The Morgan fingerprint density at radius 3 is 2.58 bits per heavy atom. The van der Waals surface area contributed by atoms with Crippen molar-refractivity contribution in [1.82, 2.24) is 0 Å². The van der Waals surface area contributed by atoms with Crippen LogP contribution >= 0.6 is 11.6 Å². The first-order valence-corrected chi connectivity index (χ1v) is 8.93. The second kappa shape index (κ2) is 7.87. The van der Waals surface area contributed by atoms with Crippen molar-refractivity contribution in [2.75, 3.05) is 0 Å². The lowest BCUT2D eigenvalue weighted by molar-refractivity contribution is -0.137. The van der Waals surface area contributed by atoms with Gasteiger partial charge in [-0.1, -0.05) is 43.7 Å². The fraction of sp³-hybridized carbons (Fsp3) is 0.450. The minimum atomic E-state index is -4.46. The van der Waals surface area contributed by atoms with Gasteiger partial charge in [0.15, 0.2) is 0 Å². The fourth-order valence-electron chi connectivity index (χ4n) is 3.03. The number of rotatable bonds is 6. The number of alkyl halides is 3. The van der Waals surface area contributed by atoms with Crippen LogP contribution in [0.3, 0.4) is 0 Å². The predicted molar refractivity (Wildman–Crippen MR) is 97.8 cm³/mol. The summed E-state index contributed by atoms with van der Waals surface area (Å²) in [5.41, 5.74) is 6.69. The molecule has 0 saturated heterocycles. The van der Waals surface area contributed by atoms with Crippen LogP contribution in [-0.4, -0.2) is 5.91 Å². The number of carbonyl (C=O) groups excluding carboxylic acids is 1. The maximum absolute atomic E-state index is 13.0. The van der Waals surface area contributed by atoms with Gasteiger partial charge in [-0.15, -0.1) is 0 Å². The number of amides is 1. The van der Waals surface area contributed by atoms with Crippen LogP contribution in [0, 0.1) is 11.8 Å².